The molecular formula is C24H21F3N6O2. The number of carbonyl (C=O) groups is 1. The van der Waals surface area contributed by atoms with Crippen LogP contribution in [0.4, 0.5) is 19.0 Å². The number of phenols is 1. The second kappa shape index (κ2) is 9.84. The summed E-state index contributed by atoms with van der Waals surface area (Å²) in [5.41, 5.74) is 6.71. The number of fused-ring (bicyclic) bond motifs is 1. The van der Waals surface area contributed by atoms with Crippen molar-refractivity contribution in [3.05, 3.63) is 78.1 Å². The summed E-state index contributed by atoms with van der Waals surface area (Å²) in [6.45, 7) is 0.435. The second-order valence-corrected chi connectivity index (χ2v) is 7.64. The number of nitrogens with one attached hydrogen (secondary N) is 1. The van der Waals surface area contributed by atoms with Gasteiger partial charge in [0.2, 0.25) is 5.91 Å². The first-order chi connectivity index (χ1) is 16.7. The zero-order chi connectivity index (χ0) is 25.0. The second-order valence-electron chi connectivity index (χ2n) is 7.64. The number of nitrogen functional groups attached to an aromatic ring is 1. The van der Waals surface area contributed by atoms with Crippen LogP contribution in [0, 0.1) is 0 Å². The molecular weight excluding hydrogens is 461 g/mol. The first-order valence-electron chi connectivity index (χ1n) is 10.6. The molecule has 0 atom stereocenters. The van der Waals surface area contributed by atoms with Crippen LogP contribution >= 0.6 is 0 Å². The van der Waals surface area contributed by atoms with Crippen molar-refractivity contribution in [1.82, 2.24) is 25.1 Å². The van der Waals surface area contributed by atoms with Crippen molar-refractivity contribution in [2.75, 3.05) is 12.3 Å². The number of rotatable bonds is 7. The molecule has 180 valence electrons. The predicted molar refractivity (Wildman–Crippen MR) is 124 cm³/mol. The van der Waals surface area contributed by atoms with Crippen LogP contribution in [0.15, 0.2) is 67.0 Å². The van der Waals surface area contributed by atoms with E-state index in [1.54, 1.807) is 6.08 Å². The van der Waals surface area contributed by atoms with Gasteiger partial charge in [0.15, 0.2) is 5.65 Å². The Morgan fingerprint density at radius 1 is 1.14 bits per heavy atom. The van der Waals surface area contributed by atoms with E-state index in [1.165, 1.54) is 23.2 Å². The highest BCUT2D eigenvalue weighted by atomic mass is 19.4. The van der Waals surface area contributed by atoms with Gasteiger partial charge in [-0.3, -0.25) is 4.79 Å². The minimum absolute atomic E-state index is 0.0866. The molecule has 2 aromatic carbocycles. The van der Waals surface area contributed by atoms with Crippen LogP contribution < -0.4 is 11.1 Å². The van der Waals surface area contributed by atoms with Gasteiger partial charge in [-0.15, -0.1) is 0 Å². The molecule has 35 heavy (non-hydrogen) atoms. The van der Waals surface area contributed by atoms with Gasteiger partial charge in [-0.1, -0.05) is 42.5 Å². The molecule has 0 saturated heterocycles. The van der Waals surface area contributed by atoms with E-state index < -0.39 is 17.5 Å². The maximum atomic E-state index is 13.0. The Morgan fingerprint density at radius 2 is 1.91 bits per heavy atom. The molecule has 0 bridgehead atoms. The van der Waals surface area contributed by atoms with Crippen LogP contribution in [0.2, 0.25) is 0 Å². The number of allylic oxidation sites excluding steroid dienone is 1. The fraction of sp³-hybridized carbons (Fsp3) is 0.167. The van der Waals surface area contributed by atoms with E-state index in [0.717, 1.165) is 17.7 Å². The third kappa shape index (κ3) is 5.40. The van der Waals surface area contributed by atoms with Gasteiger partial charge < -0.3 is 16.2 Å². The van der Waals surface area contributed by atoms with Gasteiger partial charge in [0.1, 0.15) is 23.6 Å². The van der Waals surface area contributed by atoms with Gasteiger partial charge in [0.05, 0.1) is 17.5 Å². The Labute approximate surface area is 197 Å². The molecule has 0 aliphatic rings. The smallest absolute Gasteiger partial charge is 0.419 e. The fourth-order valence-electron chi connectivity index (χ4n) is 3.57. The van der Waals surface area contributed by atoms with Gasteiger partial charge in [0, 0.05) is 12.1 Å². The predicted octanol–water partition coefficient (Wildman–Crippen LogP) is 3.72. The molecule has 0 saturated carbocycles. The van der Waals surface area contributed by atoms with Crippen molar-refractivity contribution in [2.24, 2.45) is 0 Å². The maximum Gasteiger partial charge on any atom is 0.419 e. The number of amides is 1. The summed E-state index contributed by atoms with van der Waals surface area (Å²) in [7, 11) is 0. The maximum absolute atomic E-state index is 13.0. The topological polar surface area (TPSA) is 119 Å². The lowest BCUT2D eigenvalue weighted by molar-refractivity contribution is -0.138. The largest absolute Gasteiger partial charge is 0.507 e. The summed E-state index contributed by atoms with van der Waals surface area (Å²) in [5.74, 6) is -1.12. The van der Waals surface area contributed by atoms with Gasteiger partial charge in [-0.25, -0.2) is 14.6 Å². The SMILES string of the molecule is Nc1ncnc2c1c(-c1ccc(C(F)(F)F)c(O)c1)nn2CCNC(=O)C=CCc1ccccc1. The Morgan fingerprint density at radius 3 is 2.63 bits per heavy atom. The van der Waals surface area contributed by atoms with Crippen molar-refractivity contribution in [3.63, 3.8) is 0 Å². The Balaban J connectivity index is 1.50. The minimum Gasteiger partial charge on any atom is -0.507 e. The summed E-state index contributed by atoms with van der Waals surface area (Å²) in [6.07, 6.45) is 0.383. The molecule has 0 aliphatic heterocycles. The van der Waals surface area contributed by atoms with E-state index in [9.17, 15) is 23.1 Å². The third-order valence-corrected chi connectivity index (χ3v) is 5.22. The first kappa shape index (κ1) is 23.7. The van der Waals surface area contributed by atoms with E-state index in [4.69, 9.17) is 5.73 Å². The van der Waals surface area contributed by atoms with E-state index in [2.05, 4.69) is 20.4 Å². The average Bonchev–Trinajstić information content (AvgIpc) is 3.19. The molecule has 0 unspecified atom stereocenters. The van der Waals surface area contributed by atoms with Crippen molar-refractivity contribution in [3.8, 4) is 17.0 Å². The number of hydrogen-bond acceptors (Lipinski definition) is 6. The molecule has 2 aromatic heterocycles. The van der Waals surface area contributed by atoms with Crippen molar-refractivity contribution < 1.29 is 23.1 Å². The number of nitrogens with two attached hydrogens (primary N) is 1. The average molecular weight is 482 g/mol. The summed E-state index contributed by atoms with van der Waals surface area (Å²) in [6, 6.07) is 12.6. The number of anilines is 1. The summed E-state index contributed by atoms with van der Waals surface area (Å²) in [4.78, 5) is 20.3. The zero-order valence-corrected chi connectivity index (χ0v) is 18.3. The van der Waals surface area contributed by atoms with Crippen LogP contribution in [0.5, 0.6) is 5.75 Å². The standard InChI is InChI=1S/C24H21F3N6O2/c25-24(26,27)17-10-9-16(13-18(17)34)21-20-22(28)30-14-31-23(20)33(32-21)12-11-29-19(35)8-4-7-15-5-2-1-3-6-15/h1-6,8-10,13-14,34H,7,11-12H2,(H,29,35)(H2,28,30,31). The number of aromatic hydroxyl groups is 1. The number of alkyl halides is 3. The zero-order valence-electron chi connectivity index (χ0n) is 18.3. The third-order valence-electron chi connectivity index (χ3n) is 5.22. The lowest BCUT2D eigenvalue weighted by Gasteiger charge is -2.09. The molecule has 11 heteroatoms. The highest BCUT2D eigenvalue weighted by Crippen LogP contribution is 2.39. The van der Waals surface area contributed by atoms with Crippen LogP contribution in [0.3, 0.4) is 0 Å². The van der Waals surface area contributed by atoms with Crippen molar-refractivity contribution in [1.29, 1.82) is 0 Å². The highest BCUT2D eigenvalue weighted by molar-refractivity contribution is 5.98. The molecule has 4 rings (SSSR count). The number of hydrogen-bond donors (Lipinski definition) is 3. The van der Waals surface area contributed by atoms with E-state index in [0.29, 0.717) is 17.5 Å². The number of carbonyl (C=O) groups excluding carboxylic acids is 1. The minimum atomic E-state index is -4.69. The molecule has 4 aromatic rings. The Hall–Kier alpha value is -4.41. The number of phenolic OH excluding ortho intramolecular Hbond substituents is 1. The fourth-order valence-corrected chi connectivity index (χ4v) is 3.57. The summed E-state index contributed by atoms with van der Waals surface area (Å²) < 4.78 is 40.5. The van der Waals surface area contributed by atoms with E-state index >= 15 is 0 Å². The summed E-state index contributed by atoms with van der Waals surface area (Å²) >= 11 is 0. The van der Waals surface area contributed by atoms with Crippen molar-refractivity contribution >= 4 is 22.8 Å². The Bertz CT molecular complexity index is 1380. The lowest BCUT2D eigenvalue weighted by atomic mass is 10.1. The first-order valence-corrected chi connectivity index (χ1v) is 10.6. The molecule has 2 heterocycles. The van der Waals surface area contributed by atoms with Crippen molar-refractivity contribution in [2.45, 2.75) is 19.1 Å². The number of halogens is 3. The van der Waals surface area contributed by atoms with Crippen LogP contribution in [0.1, 0.15) is 11.1 Å². The quantitative estimate of drug-likeness (QED) is 0.346. The Kier molecular flexibility index (Phi) is 6.67. The van der Waals surface area contributed by atoms with Crippen LogP contribution in [0.25, 0.3) is 22.3 Å². The molecule has 8 nitrogen and oxygen atoms in total. The van der Waals surface area contributed by atoms with Crippen LogP contribution in [-0.4, -0.2) is 37.3 Å². The van der Waals surface area contributed by atoms with Gasteiger partial charge in [0.25, 0.3) is 0 Å². The van der Waals surface area contributed by atoms with E-state index in [1.807, 2.05) is 30.3 Å². The number of aromatic nitrogens is 4. The molecule has 0 radical (unpaired) electrons. The van der Waals surface area contributed by atoms with Gasteiger partial charge in [-0.2, -0.15) is 18.3 Å². The number of benzene rings is 2. The van der Waals surface area contributed by atoms with Gasteiger partial charge >= 0.3 is 6.18 Å². The van der Waals surface area contributed by atoms with Gasteiger partial charge in [-0.05, 0) is 30.2 Å². The normalized spacial score (nSPS) is 11.9. The molecule has 0 aliphatic carbocycles. The molecule has 4 N–H and O–H groups in total. The summed E-state index contributed by atoms with van der Waals surface area (Å²) in [5, 5.41) is 17.4. The highest BCUT2D eigenvalue weighted by Gasteiger charge is 2.34. The van der Waals surface area contributed by atoms with Crippen LogP contribution in [-0.2, 0) is 23.9 Å². The lowest BCUT2D eigenvalue weighted by Crippen LogP contribution is -2.25. The molecule has 1 amide bonds. The molecule has 0 fully saturated rings. The number of nitrogens with zero attached hydrogens (tertiary/aromatic N) is 4. The molecule has 0 spiro atoms. The van der Waals surface area contributed by atoms with E-state index in [-0.39, 0.29) is 36.1 Å². The monoisotopic (exact) mass is 482 g/mol.